The lowest BCUT2D eigenvalue weighted by Gasteiger charge is -2.25. The van der Waals surface area contributed by atoms with Gasteiger partial charge in [0.25, 0.3) is 11.8 Å². The molecule has 0 unspecified atom stereocenters. The number of nitrogens with zero attached hydrogens (tertiary/aromatic N) is 6. The standard InChI is InChI=1S/C31H32ClN9O3/c1-39-25-9-11-34-16-23(25)35-28(39)30(43)37-21-7-3-5-18(20(21)15-33)19-6-4-8-22(27(19)32)38-31(44)29-36-24-17-41(13-14-42)12-10-26(24)40(29)2/h3-8,34,42H,9-14,16-17H2,1-2H3,(H,37,43)(H,38,44). The van der Waals surface area contributed by atoms with Crippen molar-refractivity contribution in [1.82, 2.24) is 29.3 Å². The minimum atomic E-state index is -0.417. The Morgan fingerprint density at radius 2 is 1.61 bits per heavy atom. The molecule has 13 heteroatoms. The quantitative estimate of drug-likeness (QED) is 0.248. The molecule has 0 bridgehead atoms. The number of aromatic nitrogens is 4. The number of nitrogens with one attached hydrogen (secondary N) is 3. The molecule has 226 valence electrons. The highest BCUT2D eigenvalue weighted by atomic mass is 35.5. The second-order valence-corrected chi connectivity index (χ2v) is 11.2. The van der Waals surface area contributed by atoms with Gasteiger partial charge in [0, 0.05) is 82.2 Å². The number of fused-ring (bicyclic) bond motifs is 2. The van der Waals surface area contributed by atoms with Crippen molar-refractivity contribution in [3.8, 4) is 17.2 Å². The molecule has 2 aromatic heterocycles. The van der Waals surface area contributed by atoms with Crippen LogP contribution in [0.1, 0.15) is 49.6 Å². The normalized spacial score (nSPS) is 14.4. The maximum Gasteiger partial charge on any atom is 0.291 e. The molecule has 0 saturated heterocycles. The van der Waals surface area contributed by atoms with Gasteiger partial charge in [0.2, 0.25) is 0 Å². The summed E-state index contributed by atoms with van der Waals surface area (Å²) in [6.45, 7) is 3.39. The van der Waals surface area contributed by atoms with Crippen LogP contribution < -0.4 is 16.0 Å². The first-order valence-electron chi connectivity index (χ1n) is 14.4. The minimum absolute atomic E-state index is 0.0663. The number of hydrogen-bond donors (Lipinski definition) is 4. The number of carbonyl (C=O) groups excluding carboxylic acids is 2. The molecule has 12 nitrogen and oxygen atoms in total. The highest BCUT2D eigenvalue weighted by Crippen LogP contribution is 2.38. The SMILES string of the molecule is Cn1c(C(=O)Nc2cccc(-c3cccc(NC(=O)c4nc5c(n4C)CCNC5)c3C#N)c2Cl)nc2c1CCN(CCO)C2. The van der Waals surface area contributed by atoms with E-state index in [0.717, 1.165) is 48.7 Å². The van der Waals surface area contributed by atoms with Crippen molar-refractivity contribution in [2.45, 2.75) is 25.9 Å². The molecule has 0 spiro atoms. The largest absolute Gasteiger partial charge is 0.395 e. The predicted molar refractivity (Wildman–Crippen MR) is 165 cm³/mol. The summed E-state index contributed by atoms with van der Waals surface area (Å²) in [6.07, 6.45) is 1.51. The van der Waals surface area contributed by atoms with Gasteiger partial charge in [-0.2, -0.15) is 5.26 Å². The van der Waals surface area contributed by atoms with Crippen LogP contribution in [0.25, 0.3) is 11.1 Å². The summed E-state index contributed by atoms with van der Waals surface area (Å²) in [5.74, 6) is -0.298. The monoisotopic (exact) mass is 613 g/mol. The van der Waals surface area contributed by atoms with Crippen molar-refractivity contribution >= 4 is 34.8 Å². The average Bonchev–Trinajstić information content (AvgIpc) is 3.54. The number of amides is 2. The Morgan fingerprint density at radius 3 is 2.30 bits per heavy atom. The van der Waals surface area contributed by atoms with Crippen LogP contribution in [0.15, 0.2) is 36.4 Å². The zero-order valence-electron chi connectivity index (χ0n) is 24.4. The lowest BCUT2D eigenvalue weighted by atomic mass is 9.98. The lowest BCUT2D eigenvalue weighted by Crippen LogP contribution is -2.33. The fraction of sp³-hybridized carbons (Fsp3) is 0.323. The van der Waals surface area contributed by atoms with Gasteiger partial charge in [-0.25, -0.2) is 9.97 Å². The van der Waals surface area contributed by atoms with E-state index in [0.29, 0.717) is 42.1 Å². The van der Waals surface area contributed by atoms with Crippen LogP contribution in [-0.2, 0) is 40.0 Å². The van der Waals surface area contributed by atoms with Crippen LogP contribution in [0.3, 0.4) is 0 Å². The van der Waals surface area contributed by atoms with Gasteiger partial charge in [-0.3, -0.25) is 14.5 Å². The van der Waals surface area contributed by atoms with E-state index in [2.05, 4.69) is 36.9 Å². The first-order valence-corrected chi connectivity index (χ1v) is 14.8. The summed E-state index contributed by atoms with van der Waals surface area (Å²) >= 11 is 6.84. The molecular formula is C31H32ClN9O3. The molecule has 0 aliphatic carbocycles. The molecule has 2 aliphatic rings. The third-order valence-corrected chi connectivity index (χ3v) is 8.65. The van der Waals surface area contributed by atoms with Gasteiger partial charge in [-0.1, -0.05) is 35.9 Å². The number of halogens is 1. The summed E-state index contributed by atoms with van der Waals surface area (Å²) in [7, 11) is 3.63. The molecule has 2 aliphatic heterocycles. The fourth-order valence-corrected chi connectivity index (χ4v) is 6.25. The Bertz CT molecular complexity index is 1820. The number of anilines is 2. The Labute approximate surface area is 259 Å². The maximum atomic E-state index is 13.4. The van der Waals surface area contributed by atoms with Crippen LogP contribution in [0.4, 0.5) is 11.4 Å². The number of nitriles is 1. The van der Waals surface area contributed by atoms with Crippen LogP contribution in [-0.4, -0.2) is 67.2 Å². The zero-order chi connectivity index (χ0) is 31.0. The number of hydrogen-bond acceptors (Lipinski definition) is 8. The molecule has 0 radical (unpaired) electrons. The molecule has 4 heterocycles. The van der Waals surface area contributed by atoms with Crippen molar-refractivity contribution in [1.29, 1.82) is 5.26 Å². The Balaban J connectivity index is 1.26. The molecule has 4 N–H and O–H groups in total. The summed E-state index contributed by atoms with van der Waals surface area (Å²) in [5, 5.41) is 28.7. The highest BCUT2D eigenvalue weighted by Gasteiger charge is 2.27. The Morgan fingerprint density at radius 1 is 0.977 bits per heavy atom. The number of aliphatic hydroxyl groups excluding tert-OH is 1. The van der Waals surface area contributed by atoms with Crippen molar-refractivity contribution in [2.24, 2.45) is 14.1 Å². The van der Waals surface area contributed by atoms with Crippen LogP contribution in [0.2, 0.25) is 5.02 Å². The second-order valence-electron chi connectivity index (χ2n) is 10.9. The topological polar surface area (TPSA) is 153 Å². The van der Waals surface area contributed by atoms with Gasteiger partial charge in [0.05, 0.1) is 40.0 Å². The van der Waals surface area contributed by atoms with Gasteiger partial charge >= 0.3 is 0 Å². The molecule has 44 heavy (non-hydrogen) atoms. The van der Waals surface area contributed by atoms with Crippen LogP contribution in [0, 0.1) is 11.3 Å². The molecule has 6 rings (SSSR count). The third-order valence-electron chi connectivity index (χ3n) is 8.25. The average molecular weight is 614 g/mol. The Kier molecular flexibility index (Phi) is 8.20. The van der Waals surface area contributed by atoms with Crippen molar-refractivity contribution in [2.75, 3.05) is 36.9 Å². The second kappa shape index (κ2) is 12.2. The smallest absolute Gasteiger partial charge is 0.291 e. The molecule has 0 saturated carbocycles. The molecule has 4 aromatic rings. The van der Waals surface area contributed by atoms with Crippen molar-refractivity contribution < 1.29 is 14.7 Å². The fourth-order valence-electron chi connectivity index (χ4n) is 5.97. The molecule has 0 fully saturated rings. The van der Waals surface area contributed by atoms with E-state index in [4.69, 9.17) is 11.6 Å². The van der Waals surface area contributed by atoms with E-state index in [9.17, 15) is 20.0 Å². The van der Waals surface area contributed by atoms with Gasteiger partial charge in [0.15, 0.2) is 11.6 Å². The summed E-state index contributed by atoms with van der Waals surface area (Å²) in [5.41, 5.74) is 5.62. The number of carbonyl (C=O) groups is 2. The van der Waals surface area contributed by atoms with Gasteiger partial charge in [0.1, 0.15) is 6.07 Å². The highest BCUT2D eigenvalue weighted by molar-refractivity contribution is 6.36. The van der Waals surface area contributed by atoms with E-state index in [1.54, 1.807) is 45.5 Å². The van der Waals surface area contributed by atoms with E-state index in [1.807, 2.05) is 14.1 Å². The molecular weight excluding hydrogens is 582 g/mol. The van der Waals surface area contributed by atoms with E-state index >= 15 is 0 Å². The van der Waals surface area contributed by atoms with Crippen LogP contribution in [0.5, 0.6) is 0 Å². The lowest BCUT2D eigenvalue weighted by molar-refractivity contribution is 0.100. The maximum absolute atomic E-state index is 13.4. The number of benzene rings is 2. The Hall–Kier alpha value is -4.54. The molecule has 0 atom stereocenters. The van der Waals surface area contributed by atoms with Gasteiger partial charge < -0.3 is 30.2 Å². The number of rotatable bonds is 7. The molecule has 2 amide bonds. The first-order chi connectivity index (χ1) is 21.3. The molecule has 2 aromatic carbocycles. The van der Waals surface area contributed by atoms with Crippen molar-refractivity contribution in [3.05, 3.63) is 81.4 Å². The number of β-amino-alcohol motifs (C(OH)–C–C–N with tert-alkyl or cyclic N) is 1. The van der Waals surface area contributed by atoms with Gasteiger partial charge in [-0.15, -0.1) is 0 Å². The minimum Gasteiger partial charge on any atom is -0.395 e. The van der Waals surface area contributed by atoms with Crippen molar-refractivity contribution in [3.63, 3.8) is 0 Å². The van der Waals surface area contributed by atoms with E-state index in [-0.39, 0.29) is 28.8 Å². The zero-order valence-corrected chi connectivity index (χ0v) is 25.2. The number of aliphatic hydroxyl groups is 1. The summed E-state index contributed by atoms with van der Waals surface area (Å²) in [6, 6.07) is 12.5. The predicted octanol–water partition coefficient (Wildman–Crippen LogP) is 2.85. The first kappa shape index (κ1) is 29.5. The third kappa shape index (κ3) is 5.35. The van der Waals surface area contributed by atoms with E-state index < -0.39 is 11.8 Å². The summed E-state index contributed by atoms with van der Waals surface area (Å²) in [4.78, 5) is 37.9. The van der Waals surface area contributed by atoms with Gasteiger partial charge in [-0.05, 0) is 12.1 Å². The number of imidazole rings is 2. The summed E-state index contributed by atoms with van der Waals surface area (Å²) < 4.78 is 3.60. The van der Waals surface area contributed by atoms with Crippen LogP contribution >= 0.6 is 11.6 Å². The van der Waals surface area contributed by atoms with E-state index in [1.165, 1.54) is 0 Å².